The summed E-state index contributed by atoms with van der Waals surface area (Å²) in [5, 5.41) is 16.3. The van der Waals surface area contributed by atoms with Crippen LogP contribution in [0.1, 0.15) is 36.6 Å². The van der Waals surface area contributed by atoms with Crippen LogP contribution in [0, 0.1) is 0 Å². The van der Waals surface area contributed by atoms with Crippen LogP contribution in [-0.4, -0.2) is 11.7 Å². The van der Waals surface area contributed by atoms with Gasteiger partial charge in [0.2, 0.25) is 0 Å². The Labute approximate surface area is 141 Å². The number of hydrogen-bond acceptors (Lipinski definition) is 3. The van der Waals surface area contributed by atoms with Crippen LogP contribution in [-0.2, 0) is 4.74 Å². The van der Waals surface area contributed by atoms with Crippen molar-refractivity contribution < 1.29 is 9.84 Å². The summed E-state index contributed by atoms with van der Waals surface area (Å²) in [7, 11) is 0. The summed E-state index contributed by atoms with van der Waals surface area (Å²) in [6.45, 7) is 2.67. The van der Waals surface area contributed by atoms with E-state index >= 15 is 0 Å². The Morgan fingerprint density at radius 3 is 2.62 bits per heavy atom. The highest BCUT2D eigenvalue weighted by Crippen LogP contribution is 2.45. The summed E-state index contributed by atoms with van der Waals surface area (Å²) >= 11 is 0. The highest BCUT2D eigenvalue weighted by molar-refractivity contribution is 5.86. The molecule has 1 heterocycles. The Hall–Kier alpha value is -2.52. The van der Waals surface area contributed by atoms with E-state index in [1.165, 1.54) is 16.3 Å². The molecule has 0 saturated carbocycles. The molecule has 0 unspecified atom stereocenters. The van der Waals surface area contributed by atoms with E-state index in [4.69, 9.17) is 4.74 Å². The fourth-order valence-electron chi connectivity index (χ4n) is 3.68. The summed E-state index contributed by atoms with van der Waals surface area (Å²) in [5.74, 6) is 0.280. The van der Waals surface area contributed by atoms with Gasteiger partial charge >= 0.3 is 0 Å². The molecule has 0 aliphatic carbocycles. The van der Waals surface area contributed by atoms with Gasteiger partial charge in [-0.15, -0.1) is 0 Å². The molecule has 3 aromatic carbocycles. The largest absolute Gasteiger partial charge is 0.506 e. The molecule has 1 aliphatic heterocycles. The minimum absolute atomic E-state index is 0.0117. The molecule has 0 aromatic heterocycles. The molecule has 0 radical (unpaired) electrons. The van der Waals surface area contributed by atoms with Crippen LogP contribution in [0.4, 0.5) is 5.69 Å². The molecule has 0 bridgehead atoms. The second kappa shape index (κ2) is 6.17. The Morgan fingerprint density at radius 1 is 1.00 bits per heavy atom. The standard InChI is InChI=1S/C21H21NO2/c1-2-24-20-13-18(22-21-17(20)11-6-12-19(21)23)16-10-5-8-14-7-3-4-9-15(14)16/h3-12,18,20,22-23H,2,13H2,1H3/t18-,20-/m0/s1. The lowest BCUT2D eigenvalue weighted by molar-refractivity contribution is 0.0498. The number of anilines is 1. The van der Waals surface area contributed by atoms with Crippen LogP contribution in [0.2, 0.25) is 0 Å². The van der Waals surface area contributed by atoms with E-state index in [9.17, 15) is 5.11 Å². The number of aromatic hydroxyl groups is 1. The molecule has 3 aromatic rings. The van der Waals surface area contributed by atoms with Crippen molar-refractivity contribution in [1.29, 1.82) is 0 Å². The van der Waals surface area contributed by atoms with Gasteiger partial charge in [0.1, 0.15) is 5.75 Å². The first-order valence-electron chi connectivity index (χ1n) is 8.45. The molecular formula is C21H21NO2. The Morgan fingerprint density at radius 2 is 1.75 bits per heavy atom. The number of ether oxygens (including phenoxy) is 1. The molecular weight excluding hydrogens is 298 g/mol. The van der Waals surface area contributed by atoms with Gasteiger partial charge in [-0.3, -0.25) is 0 Å². The maximum atomic E-state index is 10.3. The van der Waals surface area contributed by atoms with Crippen LogP contribution in [0.3, 0.4) is 0 Å². The maximum absolute atomic E-state index is 10.3. The average Bonchev–Trinajstić information content (AvgIpc) is 2.62. The van der Waals surface area contributed by atoms with Gasteiger partial charge in [-0.25, -0.2) is 0 Å². The molecule has 3 nitrogen and oxygen atoms in total. The molecule has 1 aliphatic rings. The normalized spacial score (nSPS) is 19.7. The van der Waals surface area contributed by atoms with E-state index in [-0.39, 0.29) is 17.9 Å². The number of benzene rings is 3. The summed E-state index contributed by atoms with van der Waals surface area (Å²) in [6.07, 6.45) is 0.834. The highest BCUT2D eigenvalue weighted by atomic mass is 16.5. The van der Waals surface area contributed by atoms with Gasteiger partial charge in [0.25, 0.3) is 0 Å². The number of fused-ring (bicyclic) bond motifs is 2. The summed E-state index contributed by atoms with van der Waals surface area (Å²) in [5.41, 5.74) is 3.07. The molecule has 0 amide bonds. The van der Waals surface area contributed by atoms with Crippen LogP contribution < -0.4 is 5.32 Å². The topological polar surface area (TPSA) is 41.5 Å². The predicted octanol–water partition coefficient (Wildman–Crippen LogP) is 5.18. The lowest BCUT2D eigenvalue weighted by Gasteiger charge is -2.34. The SMILES string of the molecule is CCO[C@H]1C[C@@H](c2cccc3ccccc23)Nc2c(O)cccc21. The van der Waals surface area contributed by atoms with Crippen molar-refractivity contribution in [2.24, 2.45) is 0 Å². The first-order chi connectivity index (χ1) is 11.8. The molecule has 24 heavy (non-hydrogen) atoms. The fourth-order valence-corrected chi connectivity index (χ4v) is 3.68. The van der Waals surface area contributed by atoms with Crippen molar-refractivity contribution in [3.8, 4) is 5.75 Å². The van der Waals surface area contributed by atoms with Crippen molar-refractivity contribution in [3.63, 3.8) is 0 Å². The first kappa shape index (κ1) is 15.0. The van der Waals surface area contributed by atoms with Crippen LogP contribution >= 0.6 is 0 Å². The van der Waals surface area contributed by atoms with Gasteiger partial charge in [-0.05, 0) is 29.3 Å². The zero-order valence-electron chi connectivity index (χ0n) is 13.7. The van der Waals surface area contributed by atoms with E-state index in [0.717, 1.165) is 17.7 Å². The number of nitrogens with one attached hydrogen (secondary N) is 1. The van der Waals surface area contributed by atoms with E-state index < -0.39 is 0 Å². The van der Waals surface area contributed by atoms with Gasteiger partial charge in [-0.1, -0.05) is 54.6 Å². The fraction of sp³-hybridized carbons (Fsp3) is 0.238. The first-order valence-corrected chi connectivity index (χ1v) is 8.45. The van der Waals surface area contributed by atoms with Gasteiger partial charge in [0.15, 0.2) is 0 Å². The molecule has 2 N–H and O–H groups in total. The quantitative estimate of drug-likeness (QED) is 0.654. The monoisotopic (exact) mass is 319 g/mol. The van der Waals surface area contributed by atoms with Crippen LogP contribution in [0.25, 0.3) is 10.8 Å². The second-order valence-electron chi connectivity index (χ2n) is 6.19. The second-order valence-corrected chi connectivity index (χ2v) is 6.19. The van der Waals surface area contributed by atoms with Crippen molar-refractivity contribution in [1.82, 2.24) is 0 Å². The number of hydrogen-bond donors (Lipinski definition) is 2. The van der Waals surface area contributed by atoms with Gasteiger partial charge in [0, 0.05) is 18.6 Å². The van der Waals surface area contributed by atoms with Crippen molar-refractivity contribution in [2.75, 3.05) is 11.9 Å². The summed E-state index contributed by atoms with van der Waals surface area (Å²) in [6, 6.07) is 20.5. The molecule has 0 spiro atoms. The van der Waals surface area contributed by atoms with Gasteiger partial charge in [0.05, 0.1) is 17.8 Å². The van der Waals surface area contributed by atoms with Crippen LogP contribution in [0.15, 0.2) is 60.7 Å². The third-order valence-electron chi connectivity index (χ3n) is 4.76. The van der Waals surface area contributed by atoms with E-state index in [2.05, 4.69) is 47.8 Å². The third-order valence-corrected chi connectivity index (χ3v) is 4.76. The molecule has 122 valence electrons. The predicted molar refractivity (Wildman–Crippen MR) is 97.4 cm³/mol. The van der Waals surface area contributed by atoms with Crippen molar-refractivity contribution >= 4 is 16.5 Å². The summed E-state index contributed by atoms with van der Waals surface area (Å²) < 4.78 is 5.98. The lowest BCUT2D eigenvalue weighted by atomic mass is 9.88. The van der Waals surface area contributed by atoms with E-state index in [1.54, 1.807) is 6.07 Å². The van der Waals surface area contributed by atoms with Gasteiger partial charge < -0.3 is 15.2 Å². The number of phenolic OH excluding ortho intramolecular Hbond substituents is 1. The molecule has 4 rings (SSSR count). The van der Waals surface area contributed by atoms with Crippen LogP contribution in [0.5, 0.6) is 5.75 Å². The number of para-hydroxylation sites is 1. The van der Waals surface area contributed by atoms with E-state index in [0.29, 0.717) is 6.61 Å². The minimum atomic E-state index is -0.0117. The number of rotatable bonds is 3. The minimum Gasteiger partial charge on any atom is -0.506 e. The van der Waals surface area contributed by atoms with Gasteiger partial charge in [-0.2, -0.15) is 0 Å². The summed E-state index contributed by atoms with van der Waals surface area (Å²) in [4.78, 5) is 0. The Bertz CT molecular complexity index is 869. The third kappa shape index (κ3) is 2.51. The molecule has 2 atom stereocenters. The molecule has 3 heteroatoms. The molecule has 0 fully saturated rings. The highest BCUT2D eigenvalue weighted by Gasteiger charge is 2.30. The van der Waals surface area contributed by atoms with E-state index in [1.807, 2.05) is 19.1 Å². The number of phenols is 1. The van der Waals surface area contributed by atoms with Crippen molar-refractivity contribution in [3.05, 3.63) is 71.8 Å². The molecule has 0 saturated heterocycles. The smallest absolute Gasteiger partial charge is 0.139 e. The van der Waals surface area contributed by atoms with Crippen molar-refractivity contribution in [2.45, 2.75) is 25.5 Å². The average molecular weight is 319 g/mol. The zero-order chi connectivity index (χ0) is 16.5. The maximum Gasteiger partial charge on any atom is 0.139 e. The Kier molecular flexibility index (Phi) is 3.87. The zero-order valence-corrected chi connectivity index (χ0v) is 13.7. The Balaban J connectivity index is 1.81. The lowest BCUT2D eigenvalue weighted by Crippen LogP contribution is -2.23.